The molecule has 0 fully saturated rings. The van der Waals surface area contributed by atoms with Gasteiger partial charge in [0.1, 0.15) is 36.3 Å². The van der Waals surface area contributed by atoms with Crippen LogP contribution in [-0.2, 0) is 57.6 Å². The molecule has 22 heteroatoms. The Morgan fingerprint density at radius 3 is 1.75 bits per heavy atom. The van der Waals surface area contributed by atoms with Gasteiger partial charge >= 0.3 is 0 Å². The summed E-state index contributed by atoms with van der Waals surface area (Å²) >= 11 is 0. The molecule has 0 bridgehead atoms. The van der Waals surface area contributed by atoms with Crippen molar-refractivity contribution in [1.29, 1.82) is 0 Å². The van der Waals surface area contributed by atoms with Crippen molar-refractivity contribution < 1.29 is 38.4 Å². The first-order chi connectivity index (χ1) is 36.8. The van der Waals surface area contributed by atoms with Gasteiger partial charge in [-0.1, -0.05) is 105 Å². The highest BCUT2D eigenvalue weighted by molar-refractivity contribution is 5.98. The van der Waals surface area contributed by atoms with E-state index in [1.165, 1.54) is 6.92 Å². The zero-order valence-electron chi connectivity index (χ0n) is 43.8. The van der Waals surface area contributed by atoms with Gasteiger partial charge in [-0.25, -0.2) is 0 Å². The van der Waals surface area contributed by atoms with E-state index in [1.54, 1.807) is 50.4 Å². The van der Waals surface area contributed by atoms with E-state index in [-0.39, 0.29) is 56.9 Å². The van der Waals surface area contributed by atoms with E-state index >= 15 is 0 Å². The maximum Gasteiger partial charge on any atom is 0.243 e. The molecule has 412 valence electrons. The van der Waals surface area contributed by atoms with Gasteiger partial charge in [-0.15, -0.1) is 0 Å². The number of hydrogen-bond acceptors (Lipinski definition) is 11. The van der Waals surface area contributed by atoms with E-state index in [0.717, 1.165) is 27.2 Å². The number of hydrogen-bond donors (Lipinski definition) is 13. The molecule has 0 spiro atoms. The van der Waals surface area contributed by atoms with Crippen LogP contribution in [-0.4, -0.2) is 120 Å². The van der Waals surface area contributed by atoms with Crippen molar-refractivity contribution in [2.45, 2.75) is 114 Å². The van der Waals surface area contributed by atoms with Crippen molar-refractivity contribution in [3.8, 4) is 0 Å². The van der Waals surface area contributed by atoms with Gasteiger partial charge in [0.25, 0.3) is 0 Å². The average molecular weight is 1060 g/mol. The number of guanidine groups is 1. The van der Waals surface area contributed by atoms with E-state index in [2.05, 4.69) is 47.2 Å². The van der Waals surface area contributed by atoms with Gasteiger partial charge in [-0.2, -0.15) is 0 Å². The van der Waals surface area contributed by atoms with E-state index in [9.17, 15) is 38.4 Å². The molecule has 18 N–H and O–H groups in total. The molecule has 8 amide bonds. The molecule has 1 aromatic heterocycles. The third-order valence-corrected chi connectivity index (χ3v) is 12.9. The van der Waals surface area contributed by atoms with Gasteiger partial charge in [0.05, 0.1) is 12.6 Å². The molecule has 5 rings (SSSR count). The van der Waals surface area contributed by atoms with Crippen LogP contribution in [0.25, 0.3) is 21.7 Å². The lowest BCUT2D eigenvalue weighted by Crippen LogP contribution is -2.59. The van der Waals surface area contributed by atoms with Crippen LogP contribution in [0, 0.1) is 5.92 Å². The minimum absolute atomic E-state index is 0.00860. The summed E-state index contributed by atoms with van der Waals surface area (Å²) < 4.78 is 0. The molecule has 1 heterocycles. The molecule has 7 atom stereocenters. The van der Waals surface area contributed by atoms with Crippen LogP contribution >= 0.6 is 0 Å². The number of nitrogens with two attached hydrogens (primary N) is 5. The summed E-state index contributed by atoms with van der Waals surface area (Å²) in [4.78, 5) is 117. The Morgan fingerprint density at radius 1 is 0.545 bits per heavy atom. The molecule has 0 saturated heterocycles. The smallest absolute Gasteiger partial charge is 0.243 e. The third-order valence-electron chi connectivity index (χ3n) is 12.9. The Hall–Kier alpha value is -8.37. The van der Waals surface area contributed by atoms with Crippen molar-refractivity contribution in [1.82, 2.24) is 42.2 Å². The number of carbonyl (C=O) groups is 8. The zero-order valence-corrected chi connectivity index (χ0v) is 43.8. The molecule has 0 aliphatic heterocycles. The number of aromatic nitrogens is 1. The lowest BCUT2D eigenvalue weighted by atomic mass is 9.97. The molecular weight excluding hydrogens is 985 g/mol. The lowest BCUT2D eigenvalue weighted by molar-refractivity contribution is -0.134. The van der Waals surface area contributed by atoms with E-state index in [4.69, 9.17) is 28.7 Å². The number of aliphatic imine (C=N–C) groups is 1. The largest absolute Gasteiger partial charge is 0.370 e. The van der Waals surface area contributed by atoms with Crippen LogP contribution in [0.5, 0.6) is 0 Å². The van der Waals surface area contributed by atoms with E-state index in [0.29, 0.717) is 30.5 Å². The number of rotatable bonds is 30. The summed E-state index contributed by atoms with van der Waals surface area (Å²) in [5.41, 5.74) is 31.3. The van der Waals surface area contributed by atoms with Gasteiger partial charge in [0, 0.05) is 42.9 Å². The number of fused-ring (bicyclic) bond motifs is 2. The fraction of sp³-hybridized carbons (Fsp3) is 0.400. The first kappa shape index (κ1) is 59.5. The fourth-order valence-electron chi connectivity index (χ4n) is 8.70. The highest BCUT2D eigenvalue weighted by atomic mass is 16.2. The van der Waals surface area contributed by atoms with Crippen molar-refractivity contribution >= 4 is 74.9 Å². The normalized spacial score (nSPS) is 13.9. The molecule has 22 nitrogen and oxygen atoms in total. The lowest BCUT2D eigenvalue weighted by Gasteiger charge is -2.26. The van der Waals surface area contributed by atoms with Crippen LogP contribution in [0.1, 0.15) is 69.6 Å². The maximum absolute atomic E-state index is 14.6. The number of primary amides is 1. The Bertz CT molecular complexity index is 2850. The first-order valence-corrected chi connectivity index (χ1v) is 25.8. The highest BCUT2D eigenvalue weighted by Crippen LogP contribution is 2.22. The van der Waals surface area contributed by atoms with Gasteiger partial charge in [0.15, 0.2) is 5.96 Å². The van der Waals surface area contributed by atoms with Gasteiger partial charge < -0.3 is 70.9 Å². The average Bonchev–Trinajstić information content (AvgIpc) is 3.81. The molecule has 4 aromatic carbocycles. The van der Waals surface area contributed by atoms with E-state index < -0.39 is 96.1 Å². The van der Waals surface area contributed by atoms with Crippen molar-refractivity contribution in [3.63, 3.8) is 0 Å². The Morgan fingerprint density at radius 2 is 1.09 bits per heavy atom. The zero-order chi connectivity index (χ0) is 56.0. The highest BCUT2D eigenvalue weighted by Gasteiger charge is 2.33. The van der Waals surface area contributed by atoms with Crippen LogP contribution in [0.15, 0.2) is 108 Å². The van der Waals surface area contributed by atoms with Crippen LogP contribution in [0.2, 0.25) is 0 Å². The third kappa shape index (κ3) is 18.5. The molecule has 0 radical (unpaired) electrons. The Labute approximate surface area is 447 Å². The Kier molecular flexibility index (Phi) is 22.9. The van der Waals surface area contributed by atoms with Crippen molar-refractivity contribution in [3.05, 3.63) is 120 Å². The first-order valence-electron chi connectivity index (χ1n) is 25.8. The summed E-state index contributed by atoms with van der Waals surface area (Å²) in [6.07, 6.45) is 2.95. The van der Waals surface area contributed by atoms with Gasteiger partial charge in [-0.05, 0) is 85.0 Å². The van der Waals surface area contributed by atoms with Gasteiger partial charge in [-0.3, -0.25) is 43.3 Å². The summed E-state index contributed by atoms with van der Waals surface area (Å²) in [6, 6.07) is 21.2. The minimum atomic E-state index is -1.34. The minimum Gasteiger partial charge on any atom is -0.370 e. The number of amides is 8. The number of nitrogens with zero attached hydrogens (tertiary/aromatic N) is 1. The maximum atomic E-state index is 14.6. The van der Waals surface area contributed by atoms with Crippen LogP contribution < -0.4 is 65.9 Å². The summed E-state index contributed by atoms with van der Waals surface area (Å²) in [6.45, 7) is 4.67. The number of benzene rings is 4. The number of unbranched alkanes of at least 4 members (excludes halogenated alkanes) is 1. The molecule has 77 heavy (non-hydrogen) atoms. The second-order valence-corrected chi connectivity index (χ2v) is 19.3. The van der Waals surface area contributed by atoms with E-state index in [1.807, 2.05) is 66.7 Å². The molecule has 0 aliphatic rings. The quantitative estimate of drug-likeness (QED) is 0.0165. The number of carbonyl (C=O) groups excluding carboxylic acids is 8. The van der Waals surface area contributed by atoms with Crippen LogP contribution in [0.3, 0.4) is 0 Å². The predicted molar refractivity (Wildman–Crippen MR) is 295 cm³/mol. The SMILES string of the molecule is CC(C)[C@H](NC(=O)[C@H](Cc1ccccc1)NC(=O)[C@H](CCCCN)NC(=O)CNC(=O)[C@H](Cc1c[nH]c2ccccc12)NC(=O)[C@H](CCCN=C(N)N)NC(=O)[C@@H](Cc1cccc2ccccc12)NC(=O)[C@H](C)N)C(N)=O. The molecule has 0 unspecified atom stereocenters. The molecule has 0 saturated carbocycles. The topological polar surface area (TPSA) is 379 Å². The number of para-hydroxylation sites is 1. The van der Waals surface area contributed by atoms with Gasteiger partial charge in [0.2, 0.25) is 47.3 Å². The number of nitrogens with one attached hydrogen (secondary N) is 8. The standard InChI is InChI=1S/C55H74N14O8/c1-32(2)47(48(58)71)69-54(77)43(27-34-15-5-4-6-16-34)67-51(74)41(23-11-12-25-56)64-46(70)31-63-50(73)44(29-37-30-62-40-22-10-9-21-39(37)40)68-52(75)42(24-14-26-61-55(59)60)65-53(76)45(66-49(72)33(3)57)28-36-19-13-18-35-17-7-8-20-38(35)36/h4-10,13,15-22,30,32-33,41-45,47,62H,11-12,14,23-29,31,56-57H2,1-3H3,(H2,58,71)(H,63,73)(H,64,70)(H,65,76)(H,66,72)(H,67,74)(H,68,75)(H,69,77)(H4,59,60,61)/t33-,41-,42-,43-,44-,45+,47-/m0/s1. The molecule has 0 aliphatic carbocycles. The number of H-pyrrole nitrogens is 1. The molecule has 5 aromatic rings. The summed E-state index contributed by atoms with van der Waals surface area (Å²) in [5.74, 6) is -6.26. The monoisotopic (exact) mass is 1060 g/mol. The van der Waals surface area contributed by atoms with Crippen LogP contribution in [0.4, 0.5) is 0 Å². The number of aromatic amines is 1. The molecular formula is C55H74N14O8. The second kappa shape index (κ2) is 29.6. The van der Waals surface area contributed by atoms with Crippen molar-refractivity contribution in [2.75, 3.05) is 19.6 Å². The summed E-state index contributed by atoms with van der Waals surface area (Å²) in [7, 11) is 0. The Balaban J connectivity index is 1.38. The fourth-order valence-corrected chi connectivity index (χ4v) is 8.70. The predicted octanol–water partition coefficient (Wildman–Crippen LogP) is 0.0451. The summed E-state index contributed by atoms with van der Waals surface area (Å²) in [5, 5.41) is 21.5. The second-order valence-electron chi connectivity index (χ2n) is 19.3. The van der Waals surface area contributed by atoms with Crippen molar-refractivity contribution in [2.24, 2.45) is 39.6 Å².